The highest BCUT2D eigenvalue weighted by Gasteiger charge is 2.32. The van der Waals surface area contributed by atoms with Crippen molar-refractivity contribution < 1.29 is 33.6 Å². The molecule has 0 aliphatic carbocycles. The van der Waals surface area contributed by atoms with Crippen molar-refractivity contribution in [3.63, 3.8) is 0 Å². The monoisotopic (exact) mass is 624 g/mol. The highest BCUT2D eigenvalue weighted by atomic mass is 16.5. The fourth-order valence-electron chi connectivity index (χ4n) is 5.05. The number of esters is 1. The van der Waals surface area contributed by atoms with Gasteiger partial charge in [-0.3, -0.25) is 5.43 Å². The van der Waals surface area contributed by atoms with Crippen molar-refractivity contribution in [1.29, 1.82) is 0 Å². The van der Waals surface area contributed by atoms with E-state index in [1.165, 1.54) is 17.9 Å². The van der Waals surface area contributed by atoms with Gasteiger partial charge in [-0.15, -0.1) is 0 Å². The van der Waals surface area contributed by atoms with Crippen LogP contribution in [0, 0.1) is 0 Å². The van der Waals surface area contributed by atoms with Crippen LogP contribution in [0.25, 0.3) is 10.8 Å². The lowest BCUT2D eigenvalue weighted by Gasteiger charge is -2.28. The molecule has 1 aliphatic heterocycles. The van der Waals surface area contributed by atoms with Crippen molar-refractivity contribution in [3.8, 4) is 17.2 Å². The number of hydrazone groups is 1. The smallest absolute Gasteiger partial charge is 0.337 e. The zero-order valence-corrected chi connectivity index (χ0v) is 25.8. The van der Waals surface area contributed by atoms with Crippen LogP contribution in [-0.2, 0) is 16.1 Å². The predicted octanol–water partition coefficient (Wildman–Crippen LogP) is 4.94. The zero-order chi connectivity index (χ0) is 32.5. The Morgan fingerprint density at radius 3 is 2.57 bits per heavy atom. The van der Waals surface area contributed by atoms with E-state index in [1.54, 1.807) is 31.3 Å². The summed E-state index contributed by atoms with van der Waals surface area (Å²) in [5, 5.41) is 22.2. The van der Waals surface area contributed by atoms with Gasteiger partial charge in [0.15, 0.2) is 17.7 Å². The van der Waals surface area contributed by atoms with Gasteiger partial charge in [-0.1, -0.05) is 48.5 Å². The van der Waals surface area contributed by atoms with E-state index in [4.69, 9.17) is 18.9 Å². The Morgan fingerprint density at radius 1 is 1.00 bits per heavy atom. The van der Waals surface area contributed by atoms with E-state index in [-0.39, 0.29) is 12.2 Å². The number of aliphatic hydroxyl groups is 1. The fourth-order valence-corrected chi connectivity index (χ4v) is 5.05. The highest BCUT2D eigenvalue weighted by Crippen LogP contribution is 2.35. The first kappa shape index (κ1) is 31.9. The Morgan fingerprint density at radius 2 is 1.78 bits per heavy atom. The van der Waals surface area contributed by atoms with Crippen molar-refractivity contribution in [2.24, 2.45) is 5.10 Å². The molecule has 1 aliphatic rings. The molecule has 0 spiro atoms. The SMILES string of the molecule is CCOc1cc([C@@H]2NC(=O)NC(C)=C2C(=O)OC)ccc1OC[C@@H](O)N/N=C\c1ccc(OCc2cccc3ccccc23)cc1. The third-order valence-corrected chi connectivity index (χ3v) is 7.26. The van der Waals surface area contributed by atoms with Crippen molar-refractivity contribution in [2.45, 2.75) is 32.7 Å². The number of allylic oxidation sites excluding steroid dienone is 1. The maximum atomic E-state index is 12.4. The van der Waals surface area contributed by atoms with E-state index < -0.39 is 24.3 Å². The summed E-state index contributed by atoms with van der Waals surface area (Å²) >= 11 is 0. The lowest BCUT2D eigenvalue weighted by atomic mass is 9.95. The van der Waals surface area contributed by atoms with Gasteiger partial charge in [0, 0.05) is 5.70 Å². The minimum atomic E-state index is -1.12. The molecule has 0 aromatic heterocycles. The first-order chi connectivity index (χ1) is 22.4. The number of hydrogen-bond donors (Lipinski definition) is 4. The summed E-state index contributed by atoms with van der Waals surface area (Å²) in [6.07, 6.45) is 0.466. The summed E-state index contributed by atoms with van der Waals surface area (Å²) < 4.78 is 22.5. The largest absolute Gasteiger partial charge is 0.490 e. The summed E-state index contributed by atoms with van der Waals surface area (Å²) in [7, 11) is 1.28. The molecule has 2 atom stereocenters. The van der Waals surface area contributed by atoms with Gasteiger partial charge < -0.3 is 34.7 Å². The van der Waals surface area contributed by atoms with E-state index in [0.29, 0.717) is 36.0 Å². The number of hydrogen-bond acceptors (Lipinski definition) is 9. The van der Waals surface area contributed by atoms with Crippen LogP contribution in [0.15, 0.2) is 101 Å². The lowest BCUT2D eigenvalue weighted by Crippen LogP contribution is -2.45. The molecule has 11 nitrogen and oxygen atoms in total. The van der Waals surface area contributed by atoms with Crippen LogP contribution in [0.5, 0.6) is 17.2 Å². The van der Waals surface area contributed by atoms with Crippen LogP contribution in [-0.4, -0.2) is 49.9 Å². The summed E-state index contributed by atoms with van der Waals surface area (Å²) in [5.41, 5.74) is 5.84. The Balaban J connectivity index is 1.15. The molecule has 46 heavy (non-hydrogen) atoms. The van der Waals surface area contributed by atoms with Gasteiger partial charge in [0.2, 0.25) is 0 Å². The molecule has 4 N–H and O–H groups in total. The fraction of sp³-hybridized carbons (Fsp3) is 0.229. The summed E-state index contributed by atoms with van der Waals surface area (Å²) in [6.45, 7) is 4.12. The molecule has 11 heteroatoms. The van der Waals surface area contributed by atoms with Crippen LogP contribution in [0.1, 0.15) is 36.6 Å². The molecular weight excluding hydrogens is 588 g/mol. The third-order valence-electron chi connectivity index (χ3n) is 7.26. The number of carbonyl (C=O) groups excluding carboxylic acids is 2. The van der Waals surface area contributed by atoms with Crippen molar-refractivity contribution in [1.82, 2.24) is 16.1 Å². The average Bonchev–Trinajstić information content (AvgIpc) is 3.06. The van der Waals surface area contributed by atoms with Gasteiger partial charge in [0.05, 0.1) is 31.5 Å². The average molecular weight is 625 g/mol. The number of benzene rings is 4. The number of carbonyl (C=O) groups is 2. The van der Waals surface area contributed by atoms with Gasteiger partial charge in [0.1, 0.15) is 19.0 Å². The van der Waals surface area contributed by atoms with Gasteiger partial charge >= 0.3 is 12.0 Å². The normalized spacial score (nSPS) is 15.2. The number of nitrogens with one attached hydrogen (secondary N) is 3. The molecule has 0 fully saturated rings. The van der Waals surface area contributed by atoms with Crippen molar-refractivity contribution in [3.05, 3.63) is 113 Å². The molecule has 238 valence electrons. The van der Waals surface area contributed by atoms with Crippen LogP contribution < -0.4 is 30.3 Å². The molecule has 0 bridgehead atoms. The first-order valence-corrected chi connectivity index (χ1v) is 14.8. The Labute approximate surface area is 266 Å². The van der Waals surface area contributed by atoms with Crippen LogP contribution in [0.3, 0.4) is 0 Å². The number of methoxy groups -OCH3 is 1. The number of urea groups is 1. The number of nitrogens with zero attached hydrogens (tertiary/aromatic N) is 1. The summed E-state index contributed by atoms with van der Waals surface area (Å²) in [5.74, 6) is 0.922. The van der Waals surface area contributed by atoms with Gasteiger partial charge in [-0.05, 0) is 77.7 Å². The molecule has 4 aromatic carbocycles. The summed E-state index contributed by atoms with van der Waals surface area (Å²) in [6, 6.07) is 25.7. The van der Waals surface area contributed by atoms with E-state index >= 15 is 0 Å². The Bertz CT molecular complexity index is 1750. The molecule has 5 rings (SSSR count). The number of fused-ring (bicyclic) bond motifs is 1. The first-order valence-electron chi connectivity index (χ1n) is 14.8. The van der Waals surface area contributed by atoms with Crippen molar-refractivity contribution >= 4 is 29.0 Å². The van der Waals surface area contributed by atoms with Gasteiger partial charge in [-0.25, -0.2) is 9.59 Å². The molecule has 0 saturated carbocycles. The number of rotatable bonds is 13. The van der Waals surface area contributed by atoms with Gasteiger partial charge in [0.25, 0.3) is 0 Å². The second kappa shape index (κ2) is 15.0. The quantitative estimate of drug-likeness (QED) is 0.0710. The van der Waals surface area contributed by atoms with E-state index in [2.05, 4.69) is 45.4 Å². The molecule has 4 aromatic rings. The van der Waals surface area contributed by atoms with Crippen molar-refractivity contribution in [2.75, 3.05) is 20.3 Å². The number of ether oxygens (including phenoxy) is 4. The topological polar surface area (TPSA) is 140 Å². The molecule has 0 saturated heterocycles. The molecular formula is C35H36N4O7. The van der Waals surface area contributed by atoms with Crippen LogP contribution >= 0.6 is 0 Å². The highest BCUT2D eigenvalue weighted by molar-refractivity contribution is 5.95. The number of amides is 2. The minimum Gasteiger partial charge on any atom is -0.490 e. The van der Waals surface area contributed by atoms with Gasteiger partial charge in [-0.2, -0.15) is 5.10 Å². The minimum absolute atomic E-state index is 0.131. The maximum Gasteiger partial charge on any atom is 0.337 e. The third kappa shape index (κ3) is 7.74. The summed E-state index contributed by atoms with van der Waals surface area (Å²) in [4.78, 5) is 24.6. The molecule has 1 heterocycles. The zero-order valence-electron chi connectivity index (χ0n) is 25.8. The predicted molar refractivity (Wildman–Crippen MR) is 174 cm³/mol. The number of aliphatic hydroxyl groups excluding tert-OH is 1. The molecule has 2 amide bonds. The Hall–Kier alpha value is -5.55. The molecule has 0 radical (unpaired) electrons. The Kier molecular flexibility index (Phi) is 10.4. The van der Waals surface area contributed by atoms with Crippen LogP contribution in [0.4, 0.5) is 4.79 Å². The second-order valence-corrected chi connectivity index (χ2v) is 10.4. The standard InChI is InChI=1S/C35H36N4O7/c1-4-44-30-18-25(33-32(34(41)43-3)22(2)37-35(42)38-33)14-17-29(30)46-21-31(40)39-36-19-23-12-15-27(16-13-23)45-20-26-10-7-9-24-8-5-6-11-28(24)26/h5-19,31,33,39-40H,4,20-21H2,1-3H3,(H2,37,38,42)/b36-19-/t31-,33+/m1/s1. The van der Waals surface area contributed by atoms with E-state index in [0.717, 1.165) is 16.9 Å². The second-order valence-electron chi connectivity index (χ2n) is 10.4. The molecule has 0 unspecified atom stereocenters. The van der Waals surface area contributed by atoms with E-state index in [9.17, 15) is 14.7 Å². The van der Waals surface area contributed by atoms with Crippen LogP contribution in [0.2, 0.25) is 0 Å². The maximum absolute atomic E-state index is 12.4. The van der Waals surface area contributed by atoms with E-state index in [1.807, 2.05) is 49.4 Å². The lowest BCUT2D eigenvalue weighted by molar-refractivity contribution is -0.136.